The van der Waals surface area contributed by atoms with E-state index < -0.39 is 0 Å². The molecule has 5 saturated carbocycles. The average molecular weight is 385 g/mol. The Morgan fingerprint density at radius 3 is 2.79 bits per heavy atom. The van der Waals surface area contributed by atoms with E-state index in [2.05, 4.69) is 17.0 Å². The highest BCUT2D eigenvalue weighted by atomic mass is 16.4. The first-order valence-corrected chi connectivity index (χ1v) is 12.0. The molecule has 0 bridgehead atoms. The first-order valence-electron chi connectivity index (χ1n) is 12.0. The molecule has 0 spiro atoms. The molecule has 28 heavy (non-hydrogen) atoms. The van der Waals surface area contributed by atoms with Crippen LogP contribution in [0.1, 0.15) is 84.0 Å². The largest absolute Gasteiger partial charge is 0.411 e. The van der Waals surface area contributed by atoms with E-state index in [-0.39, 0.29) is 5.41 Å². The van der Waals surface area contributed by atoms with Crippen LogP contribution in [0.4, 0.5) is 0 Å². The van der Waals surface area contributed by atoms with Crippen LogP contribution in [0.3, 0.4) is 0 Å². The van der Waals surface area contributed by atoms with Gasteiger partial charge in [0.1, 0.15) is 5.78 Å². The van der Waals surface area contributed by atoms with Gasteiger partial charge in [0.15, 0.2) is 0 Å². The maximum absolute atomic E-state index is 12.0. The van der Waals surface area contributed by atoms with Crippen LogP contribution in [0.25, 0.3) is 0 Å². The lowest BCUT2D eigenvalue weighted by Crippen LogP contribution is -2.52. The molecule has 7 atom stereocenters. The van der Waals surface area contributed by atoms with Crippen LogP contribution in [0.5, 0.6) is 0 Å². The summed E-state index contributed by atoms with van der Waals surface area (Å²) in [6, 6.07) is 0.671. The van der Waals surface area contributed by atoms with E-state index in [4.69, 9.17) is 0 Å². The Balaban J connectivity index is 1.23. The van der Waals surface area contributed by atoms with Crippen molar-refractivity contribution in [3.05, 3.63) is 0 Å². The average Bonchev–Trinajstić information content (AvgIpc) is 3.28. The quantitative estimate of drug-likeness (QED) is 0.529. The summed E-state index contributed by atoms with van der Waals surface area (Å²) in [5.41, 5.74) is 2.51. The number of carbonyl (C=O) groups excluding carboxylic acids is 1. The summed E-state index contributed by atoms with van der Waals surface area (Å²) in [6.07, 6.45) is 15.1. The van der Waals surface area contributed by atoms with Gasteiger partial charge in [0.25, 0.3) is 0 Å². The van der Waals surface area contributed by atoms with Gasteiger partial charge in [-0.25, -0.2) is 0 Å². The van der Waals surface area contributed by atoms with Crippen molar-refractivity contribution in [3.63, 3.8) is 0 Å². The Labute approximate surface area is 169 Å². The summed E-state index contributed by atoms with van der Waals surface area (Å²) in [6.45, 7) is 4.27. The van der Waals surface area contributed by atoms with Crippen molar-refractivity contribution in [2.75, 3.05) is 13.1 Å². The molecule has 5 aliphatic carbocycles. The van der Waals surface area contributed by atoms with Crippen LogP contribution in [0.15, 0.2) is 5.16 Å². The molecule has 6 fully saturated rings. The molecule has 1 N–H and O–H groups in total. The second-order valence-corrected chi connectivity index (χ2v) is 11.6. The number of Topliss-reactive ketones (excluding diaryl/α,β-unsaturated/α-hetero) is 1. The molecular formula is C24H36N2O2. The zero-order valence-electron chi connectivity index (χ0n) is 17.5. The fourth-order valence-electron chi connectivity index (χ4n) is 9.57. The third-order valence-electron chi connectivity index (χ3n) is 10.9. The molecule has 0 aromatic heterocycles. The van der Waals surface area contributed by atoms with Gasteiger partial charge in [0.2, 0.25) is 0 Å². The lowest BCUT2D eigenvalue weighted by Gasteiger charge is -2.55. The van der Waals surface area contributed by atoms with Gasteiger partial charge >= 0.3 is 0 Å². The molecule has 0 aromatic carbocycles. The highest BCUT2D eigenvalue weighted by Gasteiger charge is 2.75. The Hall–Kier alpha value is -0.900. The third-order valence-corrected chi connectivity index (χ3v) is 10.9. The molecule has 6 aliphatic rings. The monoisotopic (exact) mass is 384 g/mol. The Morgan fingerprint density at radius 1 is 1.07 bits per heavy atom. The number of hydrogen-bond donors (Lipinski definition) is 1. The van der Waals surface area contributed by atoms with Gasteiger partial charge in [-0.05, 0) is 106 Å². The van der Waals surface area contributed by atoms with Crippen molar-refractivity contribution >= 4 is 11.5 Å². The summed E-state index contributed by atoms with van der Waals surface area (Å²) in [4.78, 5) is 14.5. The molecule has 4 heteroatoms. The predicted molar refractivity (Wildman–Crippen MR) is 108 cm³/mol. The van der Waals surface area contributed by atoms with Gasteiger partial charge in [-0.1, -0.05) is 12.1 Å². The second kappa shape index (κ2) is 5.83. The van der Waals surface area contributed by atoms with E-state index in [9.17, 15) is 10.0 Å². The van der Waals surface area contributed by atoms with E-state index in [0.717, 1.165) is 55.8 Å². The first-order chi connectivity index (χ1) is 13.5. The normalized spacial score (nSPS) is 54.6. The van der Waals surface area contributed by atoms with Crippen LogP contribution in [0.2, 0.25) is 0 Å². The van der Waals surface area contributed by atoms with E-state index >= 15 is 0 Å². The smallest absolute Gasteiger partial charge is 0.146 e. The van der Waals surface area contributed by atoms with Crippen molar-refractivity contribution in [1.29, 1.82) is 0 Å². The minimum Gasteiger partial charge on any atom is -0.411 e. The molecule has 1 aliphatic heterocycles. The predicted octanol–water partition coefficient (Wildman–Crippen LogP) is 4.65. The van der Waals surface area contributed by atoms with E-state index in [1.165, 1.54) is 57.8 Å². The molecule has 0 amide bonds. The molecule has 4 nitrogen and oxygen atoms in total. The number of fused-ring (bicyclic) bond motifs is 3. The molecule has 154 valence electrons. The maximum Gasteiger partial charge on any atom is 0.146 e. The fraction of sp³-hybridized carbons (Fsp3) is 0.917. The number of oxime groups is 1. The number of rotatable bonds is 1. The van der Waals surface area contributed by atoms with Gasteiger partial charge in [-0.2, -0.15) is 0 Å². The summed E-state index contributed by atoms with van der Waals surface area (Å²) >= 11 is 0. The molecule has 6 rings (SSSR count). The molecule has 1 heterocycles. The van der Waals surface area contributed by atoms with Crippen LogP contribution in [-0.4, -0.2) is 40.7 Å². The fourth-order valence-corrected chi connectivity index (χ4v) is 9.57. The number of carbonyl (C=O) groups is 1. The van der Waals surface area contributed by atoms with Crippen molar-refractivity contribution in [2.45, 2.75) is 90.0 Å². The zero-order valence-corrected chi connectivity index (χ0v) is 17.5. The Kier molecular flexibility index (Phi) is 3.73. The molecule has 1 unspecified atom stereocenters. The number of hydrogen-bond acceptors (Lipinski definition) is 4. The number of likely N-dealkylation sites (tertiary alicyclic amines) is 1. The summed E-state index contributed by atoms with van der Waals surface area (Å²) < 4.78 is 0. The second-order valence-electron chi connectivity index (χ2n) is 11.6. The minimum atomic E-state index is 0.173. The first kappa shape index (κ1) is 17.9. The maximum atomic E-state index is 12.0. The van der Waals surface area contributed by atoms with Crippen LogP contribution in [0, 0.1) is 34.0 Å². The summed E-state index contributed by atoms with van der Waals surface area (Å²) in [5, 5.41) is 13.3. The topological polar surface area (TPSA) is 52.9 Å². The molecular weight excluding hydrogens is 348 g/mol. The van der Waals surface area contributed by atoms with Gasteiger partial charge in [-0.15, -0.1) is 0 Å². The van der Waals surface area contributed by atoms with Crippen LogP contribution in [-0.2, 0) is 4.79 Å². The van der Waals surface area contributed by atoms with E-state index in [0.29, 0.717) is 22.7 Å². The number of piperidine rings is 1. The minimum absolute atomic E-state index is 0.173. The highest BCUT2D eigenvalue weighted by Crippen LogP contribution is 2.83. The van der Waals surface area contributed by atoms with E-state index in [1.54, 1.807) is 0 Å². The van der Waals surface area contributed by atoms with Crippen LogP contribution >= 0.6 is 0 Å². The summed E-state index contributed by atoms with van der Waals surface area (Å²) in [7, 11) is 0. The standard InChI is InChI=1S/C24H36N2O2/c1-22-9-8-20-18(19(22)4-5-21(22)25-28)7-10-23-13-16(6-11-24(20,23)15-23)26-12-2-3-17(27)14-26/h16,18-20,28H,2-15H2,1H3/t16?,18-,19-,20-,22-,23+,24-/m0/s1. The van der Waals surface area contributed by atoms with Gasteiger partial charge in [-0.3, -0.25) is 9.69 Å². The van der Waals surface area contributed by atoms with Crippen molar-refractivity contribution in [1.82, 2.24) is 4.90 Å². The molecule has 1 saturated heterocycles. The SMILES string of the molecule is C[C@]12CC[C@H]3[C@@H](CC[C@]45CC(N6CCCC(=O)C6)CC[C@]34C5)[C@@H]1CCC2=NO. The Morgan fingerprint density at radius 2 is 1.96 bits per heavy atom. The lowest BCUT2D eigenvalue weighted by atomic mass is 9.50. The van der Waals surface area contributed by atoms with E-state index in [1.807, 2.05) is 0 Å². The van der Waals surface area contributed by atoms with Crippen LogP contribution < -0.4 is 0 Å². The van der Waals surface area contributed by atoms with Crippen molar-refractivity contribution in [2.24, 2.45) is 39.2 Å². The number of ketones is 1. The Bertz CT molecular complexity index is 734. The van der Waals surface area contributed by atoms with Crippen molar-refractivity contribution in [3.8, 4) is 0 Å². The highest BCUT2D eigenvalue weighted by molar-refractivity contribution is 5.92. The third kappa shape index (κ3) is 2.16. The zero-order chi connectivity index (χ0) is 19.1. The summed E-state index contributed by atoms with van der Waals surface area (Å²) in [5.74, 6) is 3.00. The van der Waals surface area contributed by atoms with Gasteiger partial charge in [0.05, 0.1) is 12.3 Å². The molecule has 0 aromatic rings. The van der Waals surface area contributed by atoms with Crippen molar-refractivity contribution < 1.29 is 10.0 Å². The lowest BCUT2D eigenvalue weighted by molar-refractivity contribution is -0.124. The van der Waals surface area contributed by atoms with Gasteiger partial charge < -0.3 is 5.21 Å². The molecule has 0 radical (unpaired) electrons. The number of nitrogens with zero attached hydrogens (tertiary/aromatic N) is 2. The van der Waals surface area contributed by atoms with Gasteiger partial charge in [0, 0.05) is 17.9 Å².